The highest BCUT2D eigenvalue weighted by Crippen LogP contribution is 2.23. The van der Waals surface area contributed by atoms with Crippen LogP contribution in [0, 0.1) is 11.3 Å². The predicted molar refractivity (Wildman–Crippen MR) is 101 cm³/mol. The third-order valence-electron chi connectivity index (χ3n) is 3.83. The minimum absolute atomic E-state index is 0.255. The third kappa shape index (κ3) is 5.86. The van der Waals surface area contributed by atoms with Crippen molar-refractivity contribution in [3.63, 3.8) is 0 Å². The number of nitriles is 1. The highest BCUT2D eigenvalue weighted by molar-refractivity contribution is 5.93. The molecule has 1 atom stereocenters. The van der Waals surface area contributed by atoms with E-state index in [2.05, 4.69) is 5.32 Å². The molecule has 0 saturated carbocycles. The first-order valence-electron chi connectivity index (χ1n) is 8.63. The number of carbonyl (C=O) groups excluding carboxylic acids is 2. The number of para-hydroxylation sites is 1. The molecule has 1 amide bonds. The molecule has 0 aliphatic carbocycles. The molecule has 6 nitrogen and oxygen atoms in total. The number of hydrogen-bond donors (Lipinski definition) is 1. The number of amides is 1. The summed E-state index contributed by atoms with van der Waals surface area (Å²) >= 11 is 0. The molecule has 0 heterocycles. The Bertz CT molecular complexity index is 838. The van der Waals surface area contributed by atoms with Crippen LogP contribution in [0.25, 0.3) is 0 Å². The van der Waals surface area contributed by atoms with Gasteiger partial charge in [-0.3, -0.25) is 4.79 Å². The van der Waals surface area contributed by atoms with Gasteiger partial charge in [-0.05, 0) is 48.7 Å². The van der Waals surface area contributed by atoms with Gasteiger partial charge in [-0.15, -0.1) is 0 Å². The van der Waals surface area contributed by atoms with Crippen LogP contribution in [0.1, 0.15) is 37.8 Å². The number of rotatable bonds is 7. The maximum atomic E-state index is 12.1. The number of benzene rings is 2. The van der Waals surface area contributed by atoms with Crippen LogP contribution >= 0.6 is 0 Å². The second kappa shape index (κ2) is 9.39. The monoisotopic (exact) mass is 366 g/mol. The Morgan fingerprint density at radius 3 is 2.37 bits per heavy atom. The summed E-state index contributed by atoms with van der Waals surface area (Å²) in [5, 5.41) is 11.5. The first kappa shape index (κ1) is 20.0. The molecule has 140 valence electrons. The van der Waals surface area contributed by atoms with Crippen LogP contribution in [0.3, 0.4) is 0 Å². The molecule has 0 bridgehead atoms. The molecule has 0 saturated heterocycles. The van der Waals surface area contributed by atoms with Gasteiger partial charge in [0.05, 0.1) is 11.6 Å². The van der Waals surface area contributed by atoms with Crippen molar-refractivity contribution in [1.82, 2.24) is 0 Å². The van der Waals surface area contributed by atoms with E-state index >= 15 is 0 Å². The van der Waals surface area contributed by atoms with Gasteiger partial charge >= 0.3 is 5.97 Å². The molecular formula is C21H22N2O4. The Labute approximate surface area is 158 Å². The van der Waals surface area contributed by atoms with Gasteiger partial charge in [-0.2, -0.15) is 5.26 Å². The van der Waals surface area contributed by atoms with Gasteiger partial charge in [0.1, 0.15) is 5.75 Å². The van der Waals surface area contributed by atoms with Crippen molar-refractivity contribution in [1.29, 1.82) is 5.26 Å². The molecule has 2 aromatic rings. The molecule has 0 aliphatic rings. The van der Waals surface area contributed by atoms with Crippen LogP contribution in [0.2, 0.25) is 0 Å². The van der Waals surface area contributed by atoms with E-state index in [4.69, 9.17) is 14.7 Å². The quantitative estimate of drug-likeness (QED) is 0.756. The van der Waals surface area contributed by atoms with Crippen LogP contribution in [0.5, 0.6) is 5.75 Å². The minimum Gasteiger partial charge on any atom is -0.479 e. The van der Waals surface area contributed by atoms with E-state index < -0.39 is 24.6 Å². The van der Waals surface area contributed by atoms with Crippen molar-refractivity contribution in [3.05, 3.63) is 59.7 Å². The number of nitrogens with one attached hydrogen (secondary N) is 1. The highest BCUT2D eigenvalue weighted by Gasteiger charge is 2.18. The summed E-state index contributed by atoms with van der Waals surface area (Å²) in [6.07, 6.45) is -0.881. The molecule has 0 spiro atoms. The summed E-state index contributed by atoms with van der Waals surface area (Å²) in [5.41, 5.74) is 2.21. The molecule has 0 aromatic heterocycles. The largest absolute Gasteiger partial charge is 0.479 e. The van der Waals surface area contributed by atoms with E-state index in [9.17, 15) is 9.59 Å². The van der Waals surface area contributed by atoms with E-state index in [1.165, 1.54) is 6.92 Å². The van der Waals surface area contributed by atoms with Gasteiger partial charge < -0.3 is 14.8 Å². The second-order valence-corrected chi connectivity index (χ2v) is 6.29. The van der Waals surface area contributed by atoms with Crippen molar-refractivity contribution >= 4 is 17.6 Å². The van der Waals surface area contributed by atoms with Gasteiger partial charge in [0.2, 0.25) is 0 Å². The molecule has 2 aromatic carbocycles. The van der Waals surface area contributed by atoms with Gasteiger partial charge in [0.25, 0.3) is 5.91 Å². The zero-order valence-corrected chi connectivity index (χ0v) is 15.6. The van der Waals surface area contributed by atoms with E-state index in [1.54, 1.807) is 24.3 Å². The maximum Gasteiger partial charge on any atom is 0.347 e. The summed E-state index contributed by atoms with van der Waals surface area (Å²) in [6.45, 7) is 5.21. The van der Waals surface area contributed by atoms with Crippen LogP contribution in [0.4, 0.5) is 5.69 Å². The summed E-state index contributed by atoms with van der Waals surface area (Å²) in [4.78, 5) is 24.1. The fourth-order valence-electron chi connectivity index (χ4n) is 2.41. The smallest absolute Gasteiger partial charge is 0.347 e. The average Bonchev–Trinajstić information content (AvgIpc) is 2.66. The topological polar surface area (TPSA) is 88.4 Å². The van der Waals surface area contributed by atoms with Crippen LogP contribution in [-0.4, -0.2) is 24.6 Å². The molecule has 0 radical (unpaired) electrons. The Kier molecular flexibility index (Phi) is 6.95. The lowest BCUT2D eigenvalue weighted by Gasteiger charge is -2.15. The van der Waals surface area contributed by atoms with E-state index in [1.807, 2.05) is 44.2 Å². The Hall–Kier alpha value is -3.33. The number of carbonyl (C=O) groups is 2. The third-order valence-corrected chi connectivity index (χ3v) is 3.83. The summed E-state index contributed by atoms with van der Waals surface area (Å²) in [6, 6.07) is 15.9. The molecule has 2 rings (SSSR count). The molecule has 1 N–H and O–H groups in total. The first-order valence-corrected chi connectivity index (χ1v) is 8.63. The fraction of sp³-hybridized carbons (Fsp3) is 0.286. The Morgan fingerprint density at radius 1 is 1.07 bits per heavy atom. The molecule has 0 fully saturated rings. The number of hydrogen-bond acceptors (Lipinski definition) is 5. The number of nitrogens with zero attached hydrogens (tertiary/aromatic N) is 1. The van der Waals surface area contributed by atoms with Crippen molar-refractivity contribution in [3.8, 4) is 11.8 Å². The second-order valence-electron chi connectivity index (χ2n) is 6.29. The van der Waals surface area contributed by atoms with Crippen LogP contribution in [-0.2, 0) is 14.3 Å². The predicted octanol–water partition coefficient (Wildman–Crippen LogP) is 3.63. The lowest BCUT2D eigenvalue weighted by atomic mass is 10.0. The van der Waals surface area contributed by atoms with Crippen molar-refractivity contribution in [2.24, 2.45) is 0 Å². The average molecular weight is 366 g/mol. The zero-order valence-electron chi connectivity index (χ0n) is 15.6. The fourth-order valence-corrected chi connectivity index (χ4v) is 2.41. The Morgan fingerprint density at radius 2 is 1.74 bits per heavy atom. The minimum atomic E-state index is -0.881. The standard InChI is InChI=1S/C21H22N2O4/c1-14(2)18-6-4-5-7-19(18)23-20(24)13-26-21(25)15(3)27-17-10-8-16(12-22)9-11-17/h4-11,14-15H,13H2,1-3H3,(H,23,24)/t15-/m0/s1. The van der Waals surface area contributed by atoms with Crippen molar-refractivity contribution < 1.29 is 19.1 Å². The maximum absolute atomic E-state index is 12.1. The zero-order chi connectivity index (χ0) is 19.8. The molecule has 0 aliphatic heterocycles. The van der Waals surface area contributed by atoms with E-state index in [0.717, 1.165) is 5.56 Å². The van der Waals surface area contributed by atoms with Gasteiger partial charge in [-0.1, -0.05) is 32.0 Å². The van der Waals surface area contributed by atoms with E-state index in [-0.39, 0.29) is 5.92 Å². The van der Waals surface area contributed by atoms with Gasteiger partial charge in [0, 0.05) is 5.69 Å². The van der Waals surface area contributed by atoms with Crippen LogP contribution in [0.15, 0.2) is 48.5 Å². The van der Waals surface area contributed by atoms with Gasteiger partial charge in [-0.25, -0.2) is 4.79 Å². The number of ether oxygens (including phenoxy) is 2. The number of anilines is 1. The Balaban J connectivity index is 1.85. The normalized spacial score (nSPS) is 11.4. The van der Waals surface area contributed by atoms with Crippen molar-refractivity contribution in [2.75, 3.05) is 11.9 Å². The summed E-state index contributed by atoms with van der Waals surface area (Å²) < 4.78 is 10.5. The molecule has 27 heavy (non-hydrogen) atoms. The van der Waals surface area contributed by atoms with E-state index in [0.29, 0.717) is 17.0 Å². The SMILES string of the molecule is CC(C)c1ccccc1NC(=O)COC(=O)[C@H](C)Oc1ccc(C#N)cc1. The van der Waals surface area contributed by atoms with Crippen LogP contribution < -0.4 is 10.1 Å². The molecule has 0 unspecified atom stereocenters. The number of esters is 1. The molecule has 6 heteroatoms. The van der Waals surface area contributed by atoms with Crippen molar-refractivity contribution in [2.45, 2.75) is 32.8 Å². The lowest BCUT2D eigenvalue weighted by Crippen LogP contribution is -2.29. The molecular weight excluding hydrogens is 344 g/mol. The first-order chi connectivity index (χ1) is 12.9. The highest BCUT2D eigenvalue weighted by atomic mass is 16.6. The summed E-state index contributed by atoms with van der Waals surface area (Å²) in [7, 11) is 0. The lowest BCUT2D eigenvalue weighted by molar-refractivity contribution is -0.153. The summed E-state index contributed by atoms with van der Waals surface area (Å²) in [5.74, 6) is -0.368. The van der Waals surface area contributed by atoms with Gasteiger partial charge in [0.15, 0.2) is 12.7 Å².